The number of hydrogen-bond donors (Lipinski definition) is 2. The molecule has 2 amide bonds. The van der Waals surface area contributed by atoms with Crippen LogP contribution in [0.2, 0.25) is 5.02 Å². The van der Waals surface area contributed by atoms with Crippen LogP contribution in [0, 0.1) is 6.92 Å². The van der Waals surface area contributed by atoms with E-state index in [1.54, 1.807) is 30.3 Å². The van der Waals surface area contributed by atoms with Crippen LogP contribution in [0.4, 0.5) is 5.69 Å². The maximum atomic E-state index is 12.5. The molecule has 0 aliphatic heterocycles. The summed E-state index contributed by atoms with van der Waals surface area (Å²) in [6.45, 7) is 2.28. The fraction of sp³-hybridized carbons (Fsp3) is 0.0909. The Morgan fingerprint density at radius 1 is 0.852 bits per heavy atom. The van der Waals surface area contributed by atoms with Crippen molar-refractivity contribution in [3.63, 3.8) is 0 Å². The summed E-state index contributed by atoms with van der Waals surface area (Å²) in [6.07, 6.45) is 0. The smallest absolute Gasteiger partial charge is 0.255 e. The van der Waals surface area contributed by atoms with Crippen molar-refractivity contribution in [2.45, 2.75) is 13.5 Å². The SMILES string of the molecule is Cc1cccc(NC(=O)c2cccc(C(=O)NCc3ccccc3Cl)c2)c1. The van der Waals surface area contributed by atoms with Gasteiger partial charge in [0.15, 0.2) is 0 Å². The number of carbonyl (C=O) groups is 2. The minimum Gasteiger partial charge on any atom is -0.348 e. The van der Waals surface area contributed by atoms with Gasteiger partial charge in [-0.3, -0.25) is 9.59 Å². The summed E-state index contributed by atoms with van der Waals surface area (Å²) in [5.41, 5.74) is 3.44. The van der Waals surface area contributed by atoms with E-state index in [0.717, 1.165) is 11.1 Å². The molecule has 3 aromatic rings. The zero-order valence-corrected chi connectivity index (χ0v) is 15.6. The summed E-state index contributed by atoms with van der Waals surface area (Å²) < 4.78 is 0. The Balaban J connectivity index is 1.68. The predicted molar refractivity (Wildman–Crippen MR) is 108 cm³/mol. The van der Waals surface area contributed by atoms with Crippen molar-refractivity contribution in [2.24, 2.45) is 0 Å². The van der Waals surface area contributed by atoms with Crippen LogP contribution < -0.4 is 10.6 Å². The highest BCUT2D eigenvalue weighted by Crippen LogP contribution is 2.15. The molecule has 0 aliphatic carbocycles. The van der Waals surface area contributed by atoms with E-state index in [-0.39, 0.29) is 11.8 Å². The van der Waals surface area contributed by atoms with Crippen molar-refractivity contribution < 1.29 is 9.59 Å². The van der Waals surface area contributed by atoms with E-state index in [4.69, 9.17) is 11.6 Å². The maximum absolute atomic E-state index is 12.5. The summed E-state index contributed by atoms with van der Waals surface area (Å²) in [4.78, 5) is 24.9. The third-order valence-electron chi connectivity index (χ3n) is 4.06. The van der Waals surface area contributed by atoms with Gasteiger partial charge < -0.3 is 10.6 Å². The summed E-state index contributed by atoms with van der Waals surface area (Å²) in [5.74, 6) is -0.526. The van der Waals surface area contributed by atoms with Crippen molar-refractivity contribution in [1.29, 1.82) is 0 Å². The van der Waals surface area contributed by atoms with Crippen LogP contribution in [0.25, 0.3) is 0 Å². The molecule has 4 nitrogen and oxygen atoms in total. The molecule has 27 heavy (non-hydrogen) atoms. The molecule has 0 heterocycles. The Bertz CT molecular complexity index is 985. The molecule has 0 bridgehead atoms. The van der Waals surface area contributed by atoms with Crippen molar-refractivity contribution in [1.82, 2.24) is 5.32 Å². The first-order valence-electron chi connectivity index (χ1n) is 8.52. The molecular weight excluding hydrogens is 360 g/mol. The highest BCUT2D eigenvalue weighted by atomic mass is 35.5. The van der Waals surface area contributed by atoms with E-state index in [9.17, 15) is 9.59 Å². The molecule has 0 fully saturated rings. The van der Waals surface area contributed by atoms with Crippen LogP contribution >= 0.6 is 11.6 Å². The molecule has 2 N–H and O–H groups in total. The van der Waals surface area contributed by atoms with Gasteiger partial charge >= 0.3 is 0 Å². The molecule has 136 valence electrons. The number of carbonyl (C=O) groups excluding carboxylic acids is 2. The van der Waals surface area contributed by atoms with Crippen molar-refractivity contribution in [2.75, 3.05) is 5.32 Å². The minimum absolute atomic E-state index is 0.263. The van der Waals surface area contributed by atoms with Gasteiger partial charge in [0.05, 0.1) is 0 Å². The fourth-order valence-corrected chi connectivity index (χ4v) is 2.85. The molecule has 0 saturated carbocycles. The number of amides is 2. The van der Waals surface area contributed by atoms with E-state index in [1.807, 2.05) is 49.4 Å². The lowest BCUT2D eigenvalue weighted by molar-refractivity contribution is 0.0951. The molecule has 5 heteroatoms. The monoisotopic (exact) mass is 378 g/mol. The molecular formula is C22H19ClN2O2. The number of halogens is 1. The third kappa shape index (κ3) is 4.96. The summed E-state index contributed by atoms with van der Waals surface area (Å²) in [6, 6.07) is 21.5. The first-order valence-corrected chi connectivity index (χ1v) is 8.90. The van der Waals surface area contributed by atoms with Crippen molar-refractivity contribution >= 4 is 29.1 Å². The topological polar surface area (TPSA) is 58.2 Å². The molecule has 0 aromatic heterocycles. The van der Waals surface area contributed by atoms with Crippen LogP contribution in [-0.4, -0.2) is 11.8 Å². The van der Waals surface area contributed by atoms with Crippen molar-refractivity contribution in [3.05, 3.63) is 100 Å². The lowest BCUT2D eigenvalue weighted by atomic mass is 10.1. The number of anilines is 1. The van der Waals surface area contributed by atoms with Gasteiger partial charge in [-0.05, 0) is 54.4 Å². The number of aryl methyl sites for hydroxylation is 1. The molecule has 0 atom stereocenters. The number of benzene rings is 3. The Morgan fingerprint density at radius 3 is 2.30 bits per heavy atom. The Kier molecular flexibility index (Phi) is 5.89. The standard InChI is InChI=1S/C22H19ClN2O2/c1-15-6-4-10-19(12-15)25-22(27)17-9-5-8-16(13-17)21(26)24-14-18-7-2-3-11-20(18)23/h2-13H,14H2,1H3,(H,24,26)(H,25,27). The summed E-state index contributed by atoms with van der Waals surface area (Å²) in [5, 5.41) is 6.27. The average Bonchev–Trinajstić information content (AvgIpc) is 2.67. The Morgan fingerprint density at radius 2 is 1.56 bits per heavy atom. The zero-order chi connectivity index (χ0) is 19.2. The quantitative estimate of drug-likeness (QED) is 0.668. The fourth-order valence-electron chi connectivity index (χ4n) is 2.65. The highest BCUT2D eigenvalue weighted by molar-refractivity contribution is 6.31. The first-order chi connectivity index (χ1) is 13.0. The molecule has 0 unspecified atom stereocenters. The molecule has 0 radical (unpaired) electrons. The van der Waals surface area contributed by atoms with Gasteiger partial charge in [0.1, 0.15) is 0 Å². The van der Waals surface area contributed by atoms with E-state index < -0.39 is 0 Å². The second-order valence-corrected chi connectivity index (χ2v) is 6.59. The van der Waals surface area contributed by atoms with Gasteiger partial charge in [-0.2, -0.15) is 0 Å². The molecule has 0 aliphatic rings. The van der Waals surface area contributed by atoms with Gasteiger partial charge in [-0.25, -0.2) is 0 Å². The largest absolute Gasteiger partial charge is 0.348 e. The third-order valence-corrected chi connectivity index (χ3v) is 4.43. The maximum Gasteiger partial charge on any atom is 0.255 e. The second kappa shape index (κ2) is 8.52. The predicted octanol–water partition coefficient (Wildman–Crippen LogP) is 4.83. The van der Waals surface area contributed by atoms with Crippen LogP contribution in [0.3, 0.4) is 0 Å². The lowest BCUT2D eigenvalue weighted by Gasteiger charge is -2.09. The zero-order valence-electron chi connectivity index (χ0n) is 14.8. The summed E-state index contributed by atoms with van der Waals surface area (Å²) in [7, 11) is 0. The van der Waals surface area contributed by atoms with E-state index in [1.165, 1.54) is 0 Å². The van der Waals surface area contributed by atoms with Crippen LogP contribution in [0.1, 0.15) is 31.8 Å². The highest BCUT2D eigenvalue weighted by Gasteiger charge is 2.11. The molecule has 0 spiro atoms. The van der Waals surface area contributed by atoms with Gasteiger partial charge in [0, 0.05) is 28.4 Å². The van der Waals surface area contributed by atoms with Gasteiger partial charge in [-0.1, -0.05) is 48.0 Å². The van der Waals surface area contributed by atoms with Gasteiger partial charge in [-0.15, -0.1) is 0 Å². The number of hydrogen-bond acceptors (Lipinski definition) is 2. The van der Waals surface area contributed by atoms with Gasteiger partial charge in [0.25, 0.3) is 11.8 Å². The minimum atomic E-state index is -0.264. The number of rotatable bonds is 5. The Hall–Kier alpha value is -3.11. The van der Waals surface area contributed by atoms with Gasteiger partial charge in [0.2, 0.25) is 0 Å². The molecule has 0 saturated heterocycles. The molecule has 3 rings (SSSR count). The normalized spacial score (nSPS) is 10.3. The van der Waals surface area contributed by atoms with Crippen LogP contribution in [0.5, 0.6) is 0 Å². The van der Waals surface area contributed by atoms with Crippen molar-refractivity contribution in [3.8, 4) is 0 Å². The summed E-state index contributed by atoms with van der Waals surface area (Å²) >= 11 is 6.10. The Labute approximate surface area is 163 Å². The second-order valence-electron chi connectivity index (χ2n) is 6.18. The van der Waals surface area contributed by atoms with Crippen LogP contribution in [-0.2, 0) is 6.54 Å². The van der Waals surface area contributed by atoms with E-state index >= 15 is 0 Å². The molecule has 3 aromatic carbocycles. The first kappa shape index (κ1) is 18.7. The van der Waals surface area contributed by atoms with Crippen LogP contribution in [0.15, 0.2) is 72.8 Å². The van der Waals surface area contributed by atoms with E-state index in [0.29, 0.717) is 28.4 Å². The lowest BCUT2D eigenvalue weighted by Crippen LogP contribution is -2.23. The average molecular weight is 379 g/mol. The van der Waals surface area contributed by atoms with E-state index in [2.05, 4.69) is 10.6 Å². The number of nitrogens with one attached hydrogen (secondary N) is 2.